The first-order chi connectivity index (χ1) is 21.0. The van der Waals surface area contributed by atoms with Crippen LogP contribution in [0.3, 0.4) is 0 Å². The number of hydrogen-bond donors (Lipinski definition) is 0. The van der Waals surface area contributed by atoms with Crippen LogP contribution in [0.5, 0.6) is 0 Å². The minimum absolute atomic E-state index is 1.13. The molecular weight excluding hydrogens is 520 g/mol. The third-order valence-electron chi connectivity index (χ3n) is 8.29. The van der Waals surface area contributed by atoms with E-state index >= 15 is 0 Å². The molecule has 5 aromatic rings. The fourth-order valence-electron chi connectivity index (χ4n) is 5.68. The molecule has 0 N–H and O–H groups in total. The highest BCUT2D eigenvalue weighted by Crippen LogP contribution is 2.41. The molecule has 43 heavy (non-hydrogen) atoms. The van der Waals surface area contributed by atoms with E-state index < -0.39 is 0 Å². The molecule has 0 bridgehead atoms. The molecule has 0 amide bonds. The Hall–Kier alpha value is -4.30. The van der Waals surface area contributed by atoms with Crippen molar-refractivity contribution in [1.29, 1.82) is 0 Å². The Bertz CT molecular complexity index is 1580. The Kier molecular flexibility index (Phi) is 10.00. The fourth-order valence-corrected chi connectivity index (χ4v) is 5.68. The van der Waals surface area contributed by atoms with Crippen LogP contribution in [0, 0.1) is 20.8 Å². The van der Waals surface area contributed by atoms with Gasteiger partial charge in [-0.3, -0.25) is 0 Å². The molecule has 0 saturated heterocycles. The van der Waals surface area contributed by atoms with Gasteiger partial charge in [0.2, 0.25) is 0 Å². The summed E-state index contributed by atoms with van der Waals surface area (Å²) in [5, 5.41) is 0. The van der Waals surface area contributed by atoms with Gasteiger partial charge in [0.1, 0.15) is 0 Å². The number of anilines is 6. The topological polar surface area (TPSA) is 6.48 Å². The average molecular weight is 567 g/mol. The predicted octanol–water partition coefficient (Wildman–Crippen LogP) is 12.2. The molecule has 0 saturated carbocycles. The van der Waals surface area contributed by atoms with Crippen molar-refractivity contribution in [3.63, 3.8) is 0 Å². The van der Waals surface area contributed by atoms with Crippen molar-refractivity contribution in [3.8, 4) is 0 Å². The van der Waals surface area contributed by atoms with Gasteiger partial charge in [-0.1, -0.05) is 86.3 Å². The molecule has 2 nitrogen and oxygen atoms in total. The molecule has 220 valence electrons. The number of benzene rings is 5. The summed E-state index contributed by atoms with van der Waals surface area (Å²) in [5.41, 5.74) is 13.6. The molecule has 0 atom stereocenters. The summed E-state index contributed by atoms with van der Waals surface area (Å²) in [6.07, 6.45) is 7.13. The normalized spacial score (nSPS) is 11.0. The van der Waals surface area contributed by atoms with E-state index in [1.807, 2.05) is 0 Å². The quantitative estimate of drug-likeness (QED) is 0.148. The van der Waals surface area contributed by atoms with Crippen molar-refractivity contribution >= 4 is 34.1 Å². The molecule has 0 aromatic heterocycles. The van der Waals surface area contributed by atoms with Gasteiger partial charge in [-0.25, -0.2) is 0 Å². The molecular formula is C41H46N2. The highest BCUT2D eigenvalue weighted by atomic mass is 15.2. The van der Waals surface area contributed by atoms with Crippen molar-refractivity contribution in [1.82, 2.24) is 0 Å². The largest absolute Gasteiger partial charge is 0.310 e. The molecule has 0 aliphatic rings. The van der Waals surface area contributed by atoms with Crippen LogP contribution in [-0.2, 0) is 12.8 Å². The Morgan fingerprint density at radius 1 is 0.419 bits per heavy atom. The zero-order chi connectivity index (χ0) is 30.2. The first kappa shape index (κ1) is 30.2. The second-order valence-electron chi connectivity index (χ2n) is 11.9. The van der Waals surface area contributed by atoms with Crippen LogP contribution in [0.25, 0.3) is 0 Å². The maximum Gasteiger partial charge on any atom is 0.0492 e. The van der Waals surface area contributed by atoms with Gasteiger partial charge in [-0.05, 0) is 130 Å². The van der Waals surface area contributed by atoms with Gasteiger partial charge in [0, 0.05) is 34.1 Å². The lowest BCUT2D eigenvalue weighted by Gasteiger charge is -2.30. The standard InChI is InChI=1S/C41H46N2/c1-6-8-10-34-16-24-37(25-17-34)42(36-20-12-31(3)13-21-36)40-28-29-41(33(5)30-40)43(38-22-14-32(4)15-23-38)39-26-18-35(19-27-39)11-9-7-2/h12-30H,6-11H2,1-5H3. The molecule has 5 rings (SSSR count). The second-order valence-corrected chi connectivity index (χ2v) is 11.9. The van der Waals surface area contributed by atoms with E-state index in [0.29, 0.717) is 0 Å². The van der Waals surface area contributed by atoms with Crippen molar-refractivity contribution in [2.45, 2.75) is 73.1 Å². The lowest BCUT2D eigenvalue weighted by atomic mass is 10.0. The third-order valence-corrected chi connectivity index (χ3v) is 8.29. The average Bonchev–Trinajstić information content (AvgIpc) is 3.03. The van der Waals surface area contributed by atoms with Gasteiger partial charge in [-0.2, -0.15) is 0 Å². The summed E-state index contributed by atoms with van der Waals surface area (Å²) < 4.78 is 0. The van der Waals surface area contributed by atoms with E-state index in [1.54, 1.807) is 0 Å². The van der Waals surface area contributed by atoms with Gasteiger partial charge >= 0.3 is 0 Å². The summed E-state index contributed by atoms with van der Waals surface area (Å²) in [7, 11) is 0. The van der Waals surface area contributed by atoms with Crippen LogP contribution >= 0.6 is 0 Å². The maximum absolute atomic E-state index is 2.39. The molecule has 0 aliphatic carbocycles. The van der Waals surface area contributed by atoms with Crippen molar-refractivity contribution in [3.05, 3.63) is 143 Å². The smallest absolute Gasteiger partial charge is 0.0492 e. The number of nitrogens with zero attached hydrogens (tertiary/aromatic N) is 2. The number of hydrogen-bond acceptors (Lipinski definition) is 2. The van der Waals surface area contributed by atoms with Crippen LogP contribution in [-0.4, -0.2) is 0 Å². The van der Waals surface area contributed by atoms with E-state index in [-0.39, 0.29) is 0 Å². The Labute approximate surface area is 259 Å². The number of aryl methyl sites for hydroxylation is 5. The monoisotopic (exact) mass is 566 g/mol. The zero-order valence-electron chi connectivity index (χ0n) is 26.6. The van der Waals surface area contributed by atoms with E-state index in [4.69, 9.17) is 0 Å². The molecule has 0 radical (unpaired) electrons. The van der Waals surface area contributed by atoms with E-state index in [1.165, 1.54) is 76.3 Å². The lowest BCUT2D eigenvalue weighted by molar-refractivity contribution is 0.795. The van der Waals surface area contributed by atoms with Gasteiger partial charge < -0.3 is 9.80 Å². The van der Waals surface area contributed by atoms with Gasteiger partial charge in [0.05, 0.1) is 0 Å². The van der Waals surface area contributed by atoms with E-state index in [2.05, 4.69) is 160 Å². The summed E-state index contributed by atoms with van der Waals surface area (Å²) in [6.45, 7) is 11.0. The van der Waals surface area contributed by atoms with Crippen LogP contribution in [0.2, 0.25) is 0 Å². The Morgan fingerprint density at radius 2 is 0.791 bits per heavy atom. The SMILES string of the molecule is CCCCc1ccc(N(c2ccc(C)cc2)c2ccc(N(c3ccc(C)cc3)c3ccc(CCCC)cc3)c(C)c2)cc1. The summed E-state index contributed by atoms with van der Waals surface area (Å²) in [4.78, 5) is 4.76. The minimum Gasteiger partial charge on any atom is -0.310 e. The number of unbranched alkanes of at least 4 members (excludes halogenated alkanes) is 2. The van der Waals surface area contributed by atoms with Crippen LogP contribution < -0.4 is 9.80 Å². The van der Waals surface area contributed by atoms with Crippen LogP contribution in [0.4, 0.5) is 34.1 Å². The molecule has 0 heterocycles. The molecule has 0 unspecified atom stereocenters. The molecule has 5 aromatic carbocycles. The van der Waals surface area contributed by atoms with Crippen molar-refractivity contribution in [2.24, 2.45) is 0 Å². The highest BCUT2D eigenvalue weighted by Gasteiger charge is 2.18. The zero-order valence-corrected chi connectivity index (χ0v) is 26.6. The Morgan fingerprint density at radius 3 is 1.19 bits per heavy atom. The molecule has 0 spiro atoms. The predicted molar refractivity (Wildman–Crippen MR) is 187 cm³/mol. The van der Waals surface area contributed by atoms with E-state index in [9.17, 15) is 0 Å². The number of rotatable bonds is 12. The minimum atomic E-state index is 1.13. The maximum atomic E-state index is 2.39. The summed E-state index contributed by atoms with van der Waals surface area (Å²) in [6, 6.07) is 42.8. The molecule has 0 fully saturated rings. The van der Waals surface area contributed by atoms with Crippen molar-refractivity contribution in [2.75, 3.05) is 9.80 Å². The second kappa shape index (κ2) is 14.2. The first-order valence-corrected chi connectivity index (χ1v) is 16.0. The first-order valence-electron chi connectivity index (χ1n) is 16.0. The summed E-state index contributed by atoms with van der Waals surface area (Å²) in [5.74, 6) is 0. The highest BCUT2D eigenvalue weighted by molar-refractivity contribution is 5.83. The summed E-state index contributed by atoms with van der Waals surface area (Å²) >= 11 is 0. The van der Waals surface area contributed by atoms with Crippen LogP contribution in [0.1, 0.15) is 67.3 Å². The third kappa shape index (κ3) is 7.38. The van der Waals surface area contributed by atoms with Crippen molar-refractivity contribution < 1.29 is 0 Å². The van der Waals surface area contributed by atoms with Gasteiger partial charge in [0.15, 0.2) is 0 Å². The molecule has 2 heteroatoms. The lowest BCUT2D eigenvalue weighted by Crippen LogP contribution is -2.13. The molecule has 0 aliphatic heterocycles. The van der Waals surface area contributed by atoms with Crippen LogP contribution in [0.15, 0.2) is 115 Å². The van der Waals surface area contributed by atoms with Gasteiger partial charge in [-0.15, -0.1) is 0 Å². The van der Waals surface area contributed by atoms with Gasteiger partial charge in [0.25, 0.3) is 0 Å². The Balaban J connectivity index is 1.55. The van der Waals surface area contributed by atoms with E-state index in [0.717, 1.165) is 24.2 Å². The fraction of sp³-hybridized carbons (Fsp3) is 0.268.